The molecule has 27 heavy (non-hydrogen) atoms. The maximum absolute atomic E-state index is 12.9. The highest BCUT2D eigenvalue weighted by Gasteiger charge is 2.40. The van der Waals surface area contributed by atoms with Gasteiger partial charge in [-0.05, 0) is 41.5 Å². The standard InChI is InChI=1S/C20H30ClN3O3/c1-20(2,3)16(12-25)19(27)24-8-4-5-17(24)18(26)23-11-14-9-15(21)7-6-13(14)10-22/h6-7,9,16-17,25H,4-5,8,10-12,22H2,1-3H3,(H,23,26)/t16-,17-/m0/s1. The summed E-state index contributed by atoms with van der Waals surface area (Å²) in [4.78, 5) is 27.3. The lowest BCUT2D eigenvalue weighted by Gasteiger charge is -2.34. The Morgan fingerprint density at radius 1 is 1.37 bits per heavy atom. The molecule has 2 atom stereocenters. The molecule has 1 fully saturated rings. The minimum Gasteiger partial charge on any atom is -0.396 e. The summed E-state index contributed by atoms with van der Waals surface area (Å²) in [5.74, 6) is -0.870. The first kappa shape index (κ1) is 21.7. The molecular formula is C20H30ClN3O3. The van der Waals surface area contributed by atoms with Crippen molar-refractivity contribution in [3.05, 3.63) is 34.3 Å². The summed E-state index contributed by atoms with van der Waals surface area (Å²) in [5.41, 5.74) is 7.17. The Morgan fingerprint density at radius 3 is 2.67 bits per heavy atom. The fourth-order valence-corrected chi connectivity index (χ4v) is 3.68. The van der Waals surface area contributed by atoms with Crippen molar-refractivity contribution in [3.63, 3.8) is 0 Å². The number of aliphatic hydroxyl groups is 1. The van der Waals surface area contributed by atoms with Gasteiger partial charge in [-0.2, -0.15) is 0 Å². The predicted octanol–water partition coefficient (Wildman–Crippen LogP) is 2.06. The van der Waals surface area contributed by atoms with Gasteiger partial charge in [-0.3, -0.25) is 9.59 Å². The number of aliphatic hydroxyl groups excluding tert-OH is 1. The van der Waals surface area contributed by atoms with Gasteiger partial charge in [-0.25, -0.2) is 0 Å². The molecule has 1 aromatic rings. The Morgan fingerprint density at radius 2 is 2.07 bits per heavy atom. The molecule has 6 nitrogen and oxygen atoms in total. The molecule has 7 heteroatoms. The third-order valence-electron chi connectivity index (χ3n) is 5.21. The lowest BCUT2D eigenvalue weighted by atomic mass is 9.80. The van der Waals surface area contributed by atoms with Crippen LogP contribution in [0, 0.1) is 11.3 Å². The first-order valence-corrected chi connectivity index (χ1v) is 9.73. The lowest BCUT2D eigenvalue weighted by Crippen LogP contribution is -2.50. The average Bonchev–Trinajstić information content (AvgIpc) is 3.09. The largest absolute Gasteiger partial charge is 0.396 e. The van der Waals surface area contributed by atoms with E-state index in [2.05, 4.69) is 5.32 Å². The van der Waals surface area contributed by atoms with Gasteiger partial charge >= 0.3 is 0 Å². The van der Waals surface area contributed by atoms with Crippen LogP contribution in [0.3, 0.4) is 0 Å². The number of hydrogen-bond donors (Lipinski definition) is 3. The maximum Gasteiger partial charge on any atom is 0.243 e. The summed E-state index contributed by atoms with van der Waals surface area (Å²) < 4.78 is 0. The van der Waals surface area contributed by atoms with E-state index in [4.69, 9.17) is 17.3 Å². The molecule has 150 valence electrons. The summed E-state index contributed by atoms with van der Waals surface area (Å²) in [6.45, 7) is 6.75. The monoisotopic (exact) mass is 395 g/mol. The molecule has 0 aliphatic carbocycles. The van der Waals surface area contributed by atoms with Gasteiger partial charge in [-0.1, -0.05) is 38.4 Å². The zero-order valence-corrected chi connectivity index (χ0v) is 17.1. The number of likely N-dealkylation sites (tertiary alicyclic amines) is 1. The average molecular weight is 396 g/mol. The lowest BCUT2D eigenvalue weighted by molar-refractivity contribution is -0.146. The molecule has 0 unspecified atom stereocenters. The molecular weight excluding hydrogens is 366 g/mol. The maximum atomic E-state index is 12.9. The van der Waals surface area contributed by atoms with Crippen molar-refractivity contribution >= 4 is 23.4 Å². The highest BCUT2D eigenvalue weighted by Crippen LogP contribution is 2.30. The molecule has 1 heterocycles. The third kappa shape index (κ3) is 5.21. The van der Waals surface area contributed by atoms with E-state index in [1.165, 1.54) is 0 Å². The molecule has 0 spiro atoms. The van der Waals surface area contributed by atoms with E-state index in [1.807, 2.05) is 26.8 Å². The number of rotatable bonds is 6. The number of halogens is 1. The molecule has 0 radical (unpaired) electrons. The Bertz CT molecular complexity index is 688. The zero-order chi connectivity index (χ0) is 20.2. The Labute approximate surface area is 166 Å². The van der Waals surface area contributed by atoms with Gasteiger partial charge in [0.25, 0.3) is 0 Å². The first-order valence-electron chi connectivity index (χ1n) is 9.35. The summed E-state index contributed by atoms with van der Waals surface area (Å²) in [6.07, 6.45) is 1.40. The summed E-state index contributed by atoms with van der Waals surface area (Å²) >= 11 is 6.04. The minimum atomic E-state index is -0.525. The van der Waals surface area contributed by atoms with Crippen molar-refractivity contribution in [1.82, 2.24) is 10.2 Å². The first-order chi connectivity index (χ1) is 12.7. The van der Waals surface area contributed by atoms with Gasteiger partial charge in [0.05, 0.1) is 12.5 Å². The summed E-state index contributed by atoms with van der Waals surface area (Å²) in [6, 6.07) is 4.91. The second-order valence-electron chi connectivity index (χ2n) is 8.13. The van der Waals surface area contributed by atoms with Crippen molar-refractivity contribution in [2.75, 3.05) is 13.2 Å². The molecule has 1 aromatic carbocycles. The second-order valence-corrected chi connectivity index (χ2v) is 8.56. The van der Waals surface area contributed by atoms with Crippen molar-refractivity contribution in [3.8, 4) is 0 Å². The van der Waals surface area contributed by atoms with Gasteiger partial charge in [0, 0.05) is 24.7 Å². The van der Waals surface area contributed by atoms with E-state index < -0.39 is 12.0 Å². The van der Waals surface area contributed by atoms with Gasteiger partial charge in [0.15, 0.2) is 0 Å². The second kappa shape index (κ2) is 9.04. The van der Waals surface area contributed by atoms with Gasteiger partial charge in [-0.15, -0.1) is 0 Å². The molecule has 1 aliphatic rings. The number of nitrogens with one attached hydrogen (secondary N) is 1. The van der Waals surface area contributed by atoms with E-state index in [0.717, 1.165) is 17.5 Å². The van der Waals surface area contributed by atoms with Crippen LogP contribution in [0.15, 0.2) is 18.2 Å². The van der Waals surface area contributed by atoms with Gasteiger partial charge < -0.3 is 21.1 Å². The molecule has 2 amide bonds. The predicted molar refractivity (Wildman–Crippen MR) is 106 cm³/mol. The van der Waals surface area contributed by atoms with Crippen molar-refractivity contribution < 1.29 is 14.7 Å². The normalized spacial score (nSPS) is 18.4. The highest BCUT2D eigenvalue weighted by molar-refractivity contribution is 6.30. The van der Waals surface area contributed by atoms with Crippen LogP contribution in [0.1, 0.15) is 44.7 Å². The van der Waals surface area contributed by atoms with Crippen molar-refractivity contribution in [1.29, 1.82) is 0 Å². The Kier molecular flexibility index (Phi) is 7.25. The number of benzene rings is 1. The molecule has 0 saturated carbocycles. The third-order valence-corrected chi connectivity index (χ3v) is 5.44. The van der Waals surface area contributed by atoms with Crippen LogP contribution >= 0.6 is 11.6 Å². The van der Waals surface area contributed by atoms with Crippen LogP contribution in [-0.4, -0.2) is 41.0 Å². The van der Waals surface area contributed by atoms with Crippen molar-refractivity contribution in [2.24, 2.45) is 17.1 Å². The molecule has 0 aromatic heterocycles. The zero-order valence-electron chi connectivity index (χ0n) is 16.3. The smallest absolute Gasteiger partial charge is 0.243 e. The Balaban J connectivity index is 2.07. The van der Waals surface area contributed by atoms with Gasteiger partial charge in [0.2, 0.25) is 11.8 Å². The van der Waals surface area contributed by atoms with E-state index in [1.54, 1.807) is 17.0 Å². The quantitative estimate of drug-likeness (QED) is 0.687. The van der Waals surface area contributed by atoms with E-state index >= 15 is 0 Å². The van der Waals surface area contributed by atoms with Crippen LogP contribution < -0.4 is 11.1 Å². The number of nitrogens with zero attached hydrogens (tertiary/aromatic N) is 1. The molecule has 2 rings (SSSR count). The Hall–Kier alpha value is -1.63. The fourth-order valence-electron chi connectivity index (χ4n) is 3.48. The highest BCUT2D eigenvalue weighted by atomic mass is 35.5. The summed E-state index contributed by atoms with van der Waals surface area (Å²) in [7, 11) is 0. The van der Waals surface area contributed by atoms with E-state index in [9.17, 15) is 14.7 Å². The molecule has 0 bridgehead atoms. The number of amides is 2. The number of nitrogens with two attached hydrogens (primary N) is 1. The SMILES string of the molecule is CC(C)(C)[C@@H](CO)C(=O)N1CCC[C@H]1C(=O)NCc1cc(Cl)ccc1CN. The van der Waals surface area contributed by atoms with Crippen LogP contribution in [0.25, 0.3) is 0 Å². The minimum absolute atomic E-state index is 0.159. The van der Waals surface area contributed by atoms with E-state index in [0.29, 0.717) is 31.1 Å². The number of hydrogen-bond acceptors (Lipinski definition) is 4. The summed E-state index contributed by atoms with van der Waals surface area (Å²) in [5, 5.41) is 13.2. The fraction of sp³-hybridized carbons (Fsp3) is 0.600. The van der Waals surface area contributed by atoms with Crippen LogP contribution in [0.2, 0.25) is 5.02 Å². The van der Waals surface area contributed by atoms with Crippen LogP contribution in [-0.2, 0) is 22.7 Å². The molecule has 4 N–H and O–H groups in total. The van der Waals surface area contributed by atoms with Crippen LogP contribution in [0.5, 0.6) is 0 Å². The van der Waals surface area contributed by atoms with Crippen molar-refractivity contribution in [2.45, 2.75) is 52.7 Å². The molecule has 1 aliphatic heterocycles. The topological polar surface area (TPSA) is 95.7 Å². The number of carbonyl (C=O) groups excluding carboxylic acids is 2. The number of carbonyl (C=O) groups is 2. The van der Waals surface area contributed by atoms with E-state index in [-0.39, 0.29) is 23.8 Å². The van der Waals surface area contributed by atoms with Gasteiger partial charge in [0.1, 0.15) is 6.04 Å². The molecule has 1 saturated heterocycles. The van der Waals surface area contributed by atoms with Crippen LogP contribution in [0.4, 0.5) is 0 Å².